The van der Waals surface area contributed by atoms with Crippen molar-refractivity contribution < 1.29 is 28.5 Å². The highest BCUT2D eigenvalue weighted by Gasteiger charge is 2.27. The maximum Gasteiger partial charge on any atom is 0.229 e. The van der Waals surface area contributed by atoms with Gasteiger partial charge in [0, 0.05) is 77.4 Å². The molecule has 1 aromatic carbocycles. The fraction of sp³-hybridized carbons (Fsp3) is 0.613. The third-order valence-electron chi connectivity index (χ3n) is 6.84. The highest BCUT2D eigenvalue weighted by Crippen LogP contribution is 2.28. The van der Waals surface area contributed by atoms with Gasteiger partial charge in [-0.05, 0) is 79.2 Å². The van der Waals surface area contributed by atoms with E-state index >= 15 is 0 Å². The lowest BCUT2D eigenvalue weighted by atomic mass is 9.84. The minimum absolute atomic E-state index is 0.0429. The number of hydrogen-bond acceptors (Lipinski definition) is 10. The Kier molecular flexibility index (Phi) is 16.3. The van der Waals surface area contributed by atoms with Gasteiger partial charge in [-0.3, -0.25) is 9.59 Å². The minimum Gasteiger partial charge on any atom is -0.494 e. The number of likely N-dealkylation sites (N-methyl/N-ethyl adjacent to an activating group) is 1. The largest absolute Gasteiger partial charge is 0.494 e. The molecule has 3 rings (SSSR count). The fourth-order valence-corrected chi connectivity index (χ4v) is 4.51. The average molecular weight is 665 g/mol. The molecule has 43 heavy (non-hydrogen) atoms. The predicted octanol–water partition coefficient (Wildman–Crippen LogP) is 5.23. The lowest BCUT2D eigenvalue weighted by Crippen LogP contribution is -2.38. The van der Waals surface area contributed by atoms with E-state index in [1.54, 1.807) is 11.1 Å². The van der Waals surface area contributed by atoms with Gasteiger partial charge in [-0.25, -0.2) is 4.98 Å². The lowest BCUT2D eigenvalue weighted by molar-refractivity contribution is -0.136. The molecule has 1 aliphatic carbocycles. The van der Waals surface area contributed by atoms with E-state index in [4.69, 9.17) is 18.9 Å². The molecule has 1 aliphatic rings. The van der Waals surface area contributed by atoms with Crippen LogP contribution in [-0.2, 0) is 23.8 Å². The molecule has 0 aliphatic heterocycles. The molecule has 0 atom stereocenters. The van der Waals surface area contributed by atoms with Crippen molar-refractivity contribution in [1.82, 2.24) is 14.9 Å². The number of Topliss-reactive ketones (excluding diaryl/α,β-unsaturated/α-hetero) is 1. The number of ether oxygens (including phenoxy) is 4. The Balaban J connectivity index is 1.22. The summed E-state index contributed by atoms with van der Waals surface area (Å²) in [5, 5.41) is 6.51. The average Bonchev–Trinajstić information content (AvgIpc) is 2.96. The second kappa shape index (κ2) is 20.2. The van der Waals surface area contributed by atoms with Gasteiger partial charge in [0.15, 0.2) is 5.78 Å². The van der Waals surface area contributed by atoms with Crippen molar-refractivity contribution in [3.63, 3.8) is 0 Å². The van der Waals surface area contributed by atoms with Crippen LogP contribution in [0.4, 0.5) is 17.5 Å². The molecular formula is C31H46BrN5O6. The van der Waals surface area contributed by atoms with E-state index in [1.165, 1.54) is 6.92 Å². The molecular weight excluding hydrogens is 618 g/mol. The first-order valence-corrected chi connectivity index (χ1v) is 16.0. The molecule has 0 spiro atoms. The van der Waals surface area contributed by atoms with Gasteiger partial charge in [0.2, 0.25) is 11.9 Å². The molecule has 0 radical (unpaired) electrons. The van der Waals surface area contributed by atoms with Crippen molar-refractivity contribution in [1.29, 1.82) is 0 Å². The van der Waals surface area contributed by atoms with Crippen LogP contribution >= 0.6 is 15.9 Å². The van der Waals surface area contributed by atoms with E-state index in [0.717, 1.165) is 60.9 Å². The number of aromatic nitrogens is 2. The number of ketones is 1. The molecule has 2 aromatic rings. The Hall–Kier alpha value is -2.80. The topological polar surface area (TPSA) is 124 Å². The number of unbranched alkanes of at least 4 members (excludes halogenated alkanes) is 1. The number of anilines is 3. The number of rotatable bonds is 23. The van der Waals surface area contributed by atoms with Crippen LogP contribution in [0.2, 0.25) is 0 Å². The Morgan fingerprint density at radius 1 is 0.953 bits per heavy atom. The first-order chi connectivity index (χ1) is 20.9. The van der Waals surface area contributed by atoms with Crippen molar-refractivity contribution in [3.05, 3.63) is 34.9 Å². The van der Waals surface area contributed by atoms with Crippen LogP contribution in [0, 0.1) is 5.92 Å². The second-order valence-corrected chi connectivity index (χ2v) is 11.5. The van der Waals surface area contributed by atoms with Crippen molar-refractivity contribution in [3.8, 4) is 5.75 Å². The molecule has 1 heterocycles. The SMILES string of the molecule is CC(=O)COCCCOCCCCOCCCOc1ccc(Nc2ncc(Br)c(NCCN(C)C(=O)C3CCC3)n2)cc1. The van der Waals surface area contributed by atoms with Gasteiger partial charge in [-0.15, -0.1) is 0 Å². The molecule has 11 nitrogen and oxygen atoms in total. The van der Waals surface area contributed by atoms with E-state index in [2.05, 4.69) is 36.5 Å². The van der Waals surface area contributed by atoms with E-state index in [9.17, 15) is 9.59 Å². The quantitative estimate of drug-likeness (QED) is 0.153. The first kappa shape index (κ1) is 34.7. The Bertz CT molecular complexity index is 1100. The summed E-state index contributed by atoms with van der Waals surface area (Å²) in [5.41, 5.74) is 0.847. The van der Waals surface area contributed by atoms with E-state index in [0.29, 0.717) is 64.5 Å². The summed E-state index contributed by atoms with van der Waals surface area (Å²) in [7, 11) is 1.85. The highest BCUT2D eigenvalue weighted by molar-refractivity contribution is 9.10. The Labute approximate surface area is 263 Å². The number of nitrogens with zero attached hydrogens (tertiary/aromatic N) is 3. The van der Waals surface area contributed by atoms with Crippen LogP contribution in [0.25, 0.3) is 0 Å². The third kappa shape index (κ3) is 14.0. The van der Waals surface area contributed by atoms with Crippen LogP contribution in [-0.4, -0.2) is 92.9 Å². The van der Waals surface area contributed by atoms with Gasteiger partial charge in [0.25, 0.3) is 0 Å². The summed E-state index contributed by atoms with van der Waals surface area (Å²) in [6.45, 7) is 6.74. The van der Waals surface area contributed by atoms with E-state index < -0.39 is 0 Å². The number of halogens is 1. The van der Waals surface area contributed by atoms with Crippen molar-refractivity contribution in [2.45, 2.75) is 51.9 Å². The van der Waals surface area contributed by atoms with Crippen molar-refractivity contribution in [2.75, 3.05) is 77.0 Å². The summed E-state index contributed by atoms with van der Waals surface area (Å²) in [5.74, 6) is 2.40. The summed E-state index contributed by atoms with van der Waals surface area (Å²) in [4.78, 5) is 33.8. The molecule has 238 valence electrons. The number of nitrogens with one attached hydrogen (secondary N) is 2. The summed E-state index contributed by atoms with van der Waals surface area (Å²) in [6, 6.07) is 7.66. The predicted molar refractivity (Wildman–Crippen MR) is 170 cm³/mol. The van der Waals surface area contributed by atoms with Gasteiger partial charge in [0.05, 0.1) is 11.1 Å². The number of carbonyl (C=O) groups excluding carboxylic acids is 2. The molecule has 0 saturated heterocycles. The van der Waals surface area contributed by atoms with Crippen LogP contribution < -0.4 is 15.4 Å². The monoisotopic (exact) mass is 663 g/mol. The van der Waals surface area contributed by atoms with Gasteiger partial charge in [0.1, 0.15) is 18.2 Å². The standard InChI is InChI=1S/C31H46BrN5O6/c1-24(38)23-42-20-6-18-40-16-3-4-17-41-19-7-21-43-27-12-10-26(11-13-27)35-31-34-22-28(32)29(36-31)33-14-15-37(2)30(39)25-8-5-9-25/h10-13,22,25H,3-9,14-21,23H2,1-2H3,(H2,33,34,35,36). The van der Waals surface area contributed by atoms with Crippen LogP contribution in [0.3, 0.4) is 0 Å². The normalized spacial score (nSPS) is 12.9. The van der Waals surface area contributed by atoms with Crippen LogP contribution in [0.1, 0.15) is 51.9 Å². The molecule has 12 heteroatoms. The number of carbonyl (C=O) groups is 2. The zero-order valence-corrected chi connectivity index (χ0v) is 27.0. The van der Waals surface area contributed by atoms with Crippen LogP contribution in [0.5, 0.6) is 5.75 Å². The van der Waals surface area contributed by atoms with Gasteiger partial charge in [-0.2, -0.15) is 4.98 Å². The summed E-state index contributed by atoms with van der Waals surface area (Å²) < 4.78 is 23.0. The maximum absolute atomic E-state index is 12.3. The van der Waals surface area contributed by atoms with Gasteiger partial charge >= 0.3 is 0 Å². The first-order valence-electron chi connectivity index (χ1n) is 15.2. The zero-order chi connectivity index (χ0) is 30.7. The molecule has 0 bridgehead atoms. The smallest absolute Gasteiger partial charge is 0.229 e. The van der Waals surface area contributed by atoms with Crippen LogP contribution in [0.15, 0.2) is 34.9 Å². The van der Waals surface area contributed by atoms with Gasteiger partial charge in [-0.1, -0.05) is 6.42 Å². The maximum atomic E-state index is 12.3. The number of benzene rings is 1. The third-order valence-corrected chi connectivity index (χ3v) is 7.42. The van der Waals surface area contributed by atoms with Crippen molar-refractivity contribution in [2.24, 2.45) is 5.92 Å². The zero-order valence-electron chi connectivity index (χ0n) is 25.4. The molecule has 0 unspecified atom stereocenters. The molecule has 1 aromatic heterocycles. The molecule has 1 fully saturated rings. The fourth-order valence-electron chi connectivity index (χ4n) is 4.18. The number of amides is 1. The number of hydrogen-bond donors (Lipinski definition) is 2. The highest BCUT2D eigenvalue weighted by atomic mass is 79.9. The molecule has 2 N–H and O–H groups in total. The van der Waals surface area contributed by atoms with E-state index in [-0.39, 0.29) is 24.2 Å². The second-order valence-electron chi connectivity index (χ2n) is 10.6. The Morgan fingerprint density at radius 3 is 2.26 bits per heavy atom. The summed E-state index contributed by atoms with van der Waals surface area (Å²) >= 11 is 3.50. The molecule has 1 amide bonds. The van der Waals surface area contributed by atoms with E-state index in [1.807, 2.05) is 31.3 Å². The van der Waals surface area contributed by atoms with Crippen molar-refractivity contribution >= 4 is 45.1 Å². The lowest BCUT2D eigenvalue weighted by Gasteiger charge is -2.29. The van der Waals surface area contributed by atoms with Gasteiger partial charge < -0.3 is 34.5 Å². The summed E-state index contributed by atoms with van der Waals surface area (Å²) in [6.07, 6.45) is 8.38. The minimum atomic E-state index is 0.0429. The Morgan fingerprint density at radius 2 is 1.60 bits per heavy atom. The molecule has 1 saturated carbocycles.